The van der Waals surface area contributed by atoms with Crippen LogP contribution in [0.3, 0.4) is 0 Å². The van der Waals surface area contributed by atoms with Crippen LogP contribution in [0.1, 0.15) is 29.8 Å². The van der Waals surface area contributed by atoms with Gasteiger partial charge in [0.25, 0.3) is 0 Å². The van der Waals surface area contributed by atoms with E-state index in [0.717, 1.165) is 37.4 Å². The second kappa shape index (κ2) is 7.56. The summed E-state index contributed by atoms with van der Waals surface area (Å²) in [5, 5.41) is 5.54. The highest BCUT2D eigenvalue weighted by atomic mass is 16.5. The number of benzene rings is 1. The van der Waals surface area contributed by atoms with Crippen LogP contribution in [0.4, 0.5) is 0 Å². The van der Waals surface area contributed by atoms with Crippen molar-refractivity contribution in [2.75, 3.05) is 13.1 Å². The van der Waals surface area contributed by atoms with Crippen molar-refractivity contribution in [3.63, 3.8) is 0 Å². The predicted octanol–water partition coefficient (Wildman–Crippen LogP) is 3.46. The first-order valence-electron chi connectivity index (χ1n) is 9.34. The molecule has 4 rings (SSSR count). The van der Waals surface area contributed by atoms with Crippen molar-refractivity contribution >= 4 is 10.9 Å². The van der Waals surface area contributed by atoms with Crippen LogP contribution in [0.25, 0.3) is 10.9 Å². The lowest BCUT2D eigenvalue weighted by Crippen LogP contribution is -2.39. The number of nitrogens with zero attached hydrogens (tertiary/aromatic N) is 4. The number of ether oxygens (including phenoxy) is 1. The summed E-state index contributed by atoms with van der Waals surface area (Å²) in [7, 11) is 1.98. The summed E-state index contributed by atoms with van der Waals surface area (Å²) < 4.78 is 8.07. The molecule has 1 aliphatic rings. The average Bonchev–Trinajstić information content (AvgIpc) is 3.01. The van der Waals surface area contributed by atoms with Gasteiger partial charge >= 0.3 is 0 Å². The molecule has 1 atom stereocenters. The van der Waals surface area contributed by atoms with Crippen molar-refractivity contribution in [2.24, 2.45) is 7.05 Å². The molecular weight excluding hydrogens is 324 g/mol. The third-order valence-electron chi connectivity index (χ3n) is 5.09. The van der Waals surface area contributed by atoms with Crippen LogP contribution in [0, 0.1) is 6.92 Å². The van der Waals surface area contributed by atoms with Crippen molar-refractivity contribution in [3.8, 4) is 0 Å². The first-order chi connectivity index (χ1) is 12.7. The standard InChI is InChI=1S/C21H26N4O/c1-16-5-3-6-19(23-16)15-26-20-7-4-10-25(14-20)13-17-8-9-21-18(11-17)12-22-24(21)2/h3,5-6,8-9,11-12,20H,4,7,10,13-15H2,1-2H3/t20-/m0/s1. The van der Waals surface area contributed by atoms with E-state index in [1.54, 1.807) is 0 Å². The number of pyridine rings is 1. The fraction of sp³-hybridized carbons (Fsp3) is 0.429. The third-order valence-corrected chi connectivity index (χ3v) is 5.09. The van der Waals surface area contributed by atoms with Crippen molar-refractivity contribution in [3.05, 3.63) is 59.5 Å². The Morgan fingerprint density at radius 2 is 2.15 bits per heavy atom. The Morgan fingerprint density at radius 3 is 3.04 bits per heavy atom. The van der Waals surface area contributed by atoms with Gasteiger partial charge < -0.3 is 4.74 Å². The molecule has 1 aliphatic heterocycles. The second-order valence-electron chi connectivity index (χ2n) is 7.24. The largest absolute Gasteiger partial charge is 0.371 e. The minimum absolute atomic E-state index is 0.285. The zero-order chi connectivity index (χ0) is 17.9. The van der Waals surface area contributed by atoms with Crippen molar-refractivity contribution in [1.82, 2.24) is 19.7 Å². The van der Waals surface area contributed by atoms with Crippen molar-refractivity contribution < 1.29 is 4.74 Å². The van der Waals surface area contributed by atoms with E-state index in [4.69, 9.17) is 4.74 Å². The molecule has 3 aromatic rings. The zero-order valence-corrected chi connectivity index (χ0v) is 15.6. The highest BCUT2D eigenvalue weighted by molar-refractivity contribution is 5.79. The molecule has 1 aromatic carbocycles. The first-order valence-corrected chi connectivity index (χ1v) is 9.34. The lowest BCUT2D eigenvalue weighted by atomic mass is 10.1. The van der Waals surface area contributed by atoms with E-state index in [0.29, 0.717) is 6.61 Å². The van der Waals surface area contributed by atoms with E-state index >= 15 is 0 Å². The van der Waals surface area contributed by atoms with E-state index in [1.165, 1.54) is 22.9 Å². The van der Waals surface area contributed by atoms with Gasteiger partial charge in [-0.2, -0.15) is 5.10 Å². The summed E-state index contributed by atoms with van der Waals surface area (Å²) >= 11 is 0. The summed E-state index contributed by atoms with van der Waals surface area (Å²) in [5.74, 6) is 0. The Hall–Kier alpha value is -2.24. The van der Waals surface area contributed by atoms with Gasteiger partial charge in [0.1, 0.15) is 0 Å². The highest BCUT2D eigenvalue weighted by Crippen LogP contribution is 2.20. The molecule has 0 bridgehead atoms. The second-order valence-corrected chi connectivity index (χ2v) is 7.24. The van der Waals surface area contributed by atoms with Crippen LogP contribution in [-0.2, 0) is 24.9 Å². The molecule has 5 heteroatoms. The molecule has 0 N–H and O–H groups in total. The first kappa shape index (κ1) is 17.2. The summed E-state index contributed by atoms with van der Waals surface area (Å²) in [5.41, 5.74) is 4.58. The lowest BCUT2D eigenvalue weighted by Gasteiger charge is -2.32. The Morgan fingerprint density at radius 1 is 1.23 bits per heavy atom. The maximum Gasteiger partial charge on any atom is 0.0892 e. The number of piperidine rings is 1. The minimum Gasteiger partial charge on any atom is -0.371 e. The van der Waals surface area contributed by atoms with E-state index in [1.807, 2.05) is 43.0 Å². The Kier molecular flexibility index (Phi) is 5.00. The van der Waals surface area contributed by atoms with E-state index in [2.05, 4.69) is 33.2 Å². The molecule has 136 valence electrons. The van der Waals surface area contributed by atoms with E-state index < -0.39 is 0 Å². The van der Waals surface area contributed by atoms with Crippen LogP contribution < -0.4 is 0 Å². The normalized spacial score (nSPS) is 18.5. The summed E-state index contributed by atoms with van der Waals surface area (Å²) in [6.45, 7) is 5.70. The van der Waals surface area contributed by atoms with Gasteiger partial charge in [-0.15, -0.1) is 0 Å². The molecule has 0 amide bonds. The smallest absolute Gasteiger partial charge is 0.0892 e. The number of fused-ring (bicyclic) bond motifs is 1. The van der Waals surface area contributed by atoms with Crippen LogP contribution in [0.5, 0.6) is 0 Å². The zero-order valence-electron chi connectivity index (χ0n) is 15.6. The molecule has 26 heavy (non-hydrogen) atoms. The minimum atomic E-state index is 0.285. The summed E-state index contributed by atoms with van der Waals surface area (Å²) in [4.78, 5) is 7.02. The maximum absolute atomic E-state index is 6.15. The van der Waals surface area contributed by atoms with Gasteiger partial charge in [0.05, 0.1) is 30.1 Å². The third kappa shape index (κ3) is 3.94. The van der Waals surface area contributed by atoms with Crippen LogP contribution >= 0.6 is 0 Å². The molecule has 2 aromatic heterocycles. The monoisotopic (exact) mass is 350 g/mol. The molecule has 1 saturated heterocycles. The van der Waals surface area contributed by atoms with Crippen molar-refractivity contribution in [2.45, 2.75) is 39.0 Å². The van der Waals surface area contributed by atoms with Gasteiger partial charge in [-0.25, -0.2) is 0 Å². The van der Waals surface area contributed by atoms with Crippen molar-refractivity contribution in [1.29, 1.82) is 0 Å². The number of rotatable bonds is 5. The Labute approximate surface area is 154 Å². The molecule has 0 spiro atoms. The molecule has 0 aliphatic carbocycles. The van der Waals surface area contributed by atoms with E-state index in [9.17, 15) is 0 Å². The average molecular weight is 350 g/mol. The summed E-state index contributed by atoms with van der Waals surface area (Å²) in [6.07, 6.45) is 4.54. The fourth-order valence-corrected chi connectivity index (χ4v) is 3.75. The predicted molar refractivity (Wildman–Crippen MR) is 103 cm³/mol. The molecule has 1 fully saturated rings. The van der Waals surface area contributed by atoms with E-state index in [-0.39, 0.29) is 6.10 Å². The Bertz CT molecular complexity index is 889. The highest BCUT2D eigenvalue weighted by Gasteiger charge is 2.21. The van der Waals surface area contributed by atoms with Gasteiger partial charge in [0, 0.05) is 31.2 Å². The van der Waals surface area contributed by atoms with Crippen LogP contribution in [-0.4, -0.2) is 38.9 Å². The van der Waals surface area contributed by atoms with Gasteiger partial charge in [-0.05, 0) is 56.1 Å². The molecular formula is C21H26N4O. The molecule has 0 saturated carbocycles. The fourth-order valence-electron chi connectivity index (χ4n) is 3.75. The number of aryl methyl sites for hydroxylation is 2. The molecule has 3 heterocycles. The topological polar surface area (TPSA) is 43.2 Å². The van der Waals surface area contributed by atoms with Gasteiger partial charge in [-0.1, -0.05) is 12.1 Å². The molecule has 0 unspecified atom stereocenters. The molecule has 5 nitrogen and oxygen atoms in total. The SMILES string of the molecule is Cc1cccc(CO[C@H]2CCCN(Cc3ccc4c(cnn4C)c3)C2)n1. The quantitative estimate of drug-likeness (QED) is 0.707. The van der Waals surface area contributed by atoms with Crippen LogP contribution in [0.2, 0.25) is 0 Å². The van der Waals surface area contributed by atoms with Gasteiger partial charge in [-0.3, -0.25) is 14.6 Å². The van der Waals surface area contributed by atoms with Gasteiger partial charge in [0.15, 0.2) is 0 Å². The number of likely N-dealkylation sites (tertiary alicyclic amines) is 1. The number of aromatic nitrogens is 3. The number of hydrogen-bond donors (Lipinski definition) is 0. The number of hydrogen-bond acceptors (Lipinski definition) is 4. The van der Waals surface area contributed by atoms with Crippen LogP contribution in [0.15, 0.2) is 42.6 Å². The molecule has 0 radical (unpaired) electrons. The van der Waals surface area contributed by atoms with Gasteiger partial charge in [0.2, 0.25) is 0 Å². The summed E-state index contributed by atoms with van der Waals surface area (Å²) in [6, 6.07) is 12.7. The Balaban J connectivity index is 1.35. The lowest BCUT2D eigenvalue weighted by molar-refractivity contribution is -0.0133. The maximum atomic E-state index is 6.15.